The Kier molecular flexibility index (Phi) is 4.00. The van der Waals surface area contributed by atoms with Crippen LogP contribution in [0.1, 0.15) is 35.3 Å². The summed E-state index contributed by atoms with van der Waals surface area (Å²) in [6.45, 7) is 5.91. The van der Waals surface area contributed by atoms with Gasteiger partial charge < -0.3 is 4.74 Å². The Morgan fingerprint density at radius 1 is 1.00 bits per heavy atom. The molecule has 0 saturated heterocycles. The van der Waals surface area contributed by atoms with E-state index in [1.54, 1.807) is 6.07 Å². The third-order valence-corrected chi connectivity index (χ3v) is 2.81. The summed E-state index contributed by atoms with van der Waals surface area (Å²) in [6.07, 6.45) is 0.0481. The number of ether oxygens (including phenoxy) is 1. The molecule has 0 spiro atoms. The van der Waals surface area contributed by atoms with E-state index < -0.39 is 0 Å². The number of para-hydroxylation sites is 1. The molecule has 2 heteroatoms. The minimum absolute atomic E-state index is 0.00347. The summed E-state index contributed by atoms with van der Waals surface area (Å²) in [5.74, 6) is 0.638. The maximum absolute atomic E-state index is 12.5. The van der Waals surface area contributed by atoms with Crippen molar-refractivity contribution in [3.8, 4) is 5.75 Å². The van der Waals surface area contributed by atoms with E-state index in [1.807, 2.05) is 63.2 Å². The maximum Gasteiger partial charge on any atom is 0.196 e. The number of hydrogen-bond acceptors (Lipinski definition) is 2. The van der Waals surface area contributed by atoms with Gasteiger partial charge in [0.25, 0.3) is 0 Å². The lowest BCUT2D eigenvalue weighted by atomic mass is 10.0. The zero-order chi connectivity index (χ0) is 13.8. The predicted octanol–water partition coefficient (Wildman–Crippen LogP) is 4.01. The highest BCUT2D eigenvalue weighted by atomic mass is 16.5. The van der Waals surface area contributed by atoms with Crippen LogP contribution in [0, 0.1) is 6.92 Å². The van der Waals surface area contributed by atoms with Crippen LogP contribution in [0.2, 0.25) is 0 Å². The van der Waals surface area contributed by atoms with Crippen LogP contribution in [0.5, 0.6) is 5.75 Å². The van der Waals surface area contributed by atoms with Crippen LogP contribution in [0.4, 0.5) is 0 Å². The Hall–Kier alpha value is -2.09. The lowest BCUT2D eigenvalue weighted by Gasteiger charge is -2.13. The van der Waals surface area contributed by atoms with Gasteiger partial charge in [0.1, 0.15) is 5.75 Å². The van der Waals surface area contributed by atoms with Crippen LogP contribution in [0.3, 0.4) is 0 Å². The largest absolute Gasteiger partial charge is 0.490 e. The molecule has 2 aromatic rings. The summed E-state index contributed by atoms with van der Waals surface area (Å²) in [5.41, 5.74) is 2.44. The highest BCUT2D eigenvalue weighted by Gasteiger charge is 2.14. The fraction of sp³-hybridized carbons (Fsp3) is 0.235. The first-order valence-corrected chi connectivity index (χ1v) is 6.45. The van der Waals surface area contributed by atoms with Crippen LogP contribution in [-0.2, 0) is 0 Å². The summed E-state index contributed by atoms with van der Waals surface area (Å²) >= 11 is 0. The molecular formula is C17H18O2. The van der Waals surface area contributed by atoms with Crippen molar-refractivity contribution in [3.05, 3.63) is 65.2 Å². The van der Waals surface area contributed by atoms with Crippen LogP contribution >= 0.6 is 0 Å². The van der Waals surface area contributed by atoms with Gasteiger partial charge in [-0.15, -0.1) is 0 Å². The van der Waals surface area contributed by atoms with Gasteiger partial charge in [0.05, 0.1) is 11.7 Å². The quantitative estimate of drug-likeness (QED) is 0.770. The van der Waals surface area contributed by atoms with Crippen molar-refractivity contribution >= 4 is 5.78 Å². The number of benzene rings is 2. The Morgan fingerprint density at radius 3 is 2.26 bits per heavy atom. The van der Waals surface area contributed by atoms with E-state index in [-0.39, 0.29) is 11.9 Å². The van der Waals surface area contributed by atoms with E-state index in [2.05, 4.69) is 0 Å². The second-order valence-corrected chi connectivity index (χ2v) is 4.86. The van der Waals surface area contributed by atoms with E-state index in [0.29, 0.717) is 16.9 Å². The molecule has 0 aliphatic rings. The van der Waals surface area contributed by atoms with Crippen molar-refractivity contribution in [3.63, 3.8) is 0 Å². The molecule has 0 radical (unpaired) electrons. The topological polar surface area (TPSA) is 26.3 Å². The van der Waals surface area contributed by atoms with Gasteiger partial charge >= 0.3 is 0 Å². The van der Waals surface area contributed by atoms with E-state index >= 15 is 0 Å². The second-order valence-electron chi connectivity index (χ2n) is 4.86. The van der Waals surface area contributed by atoms with Gasteiger partial charge in [0, 0.05) is 5.56 Å². The first-order chi connectivity index (χ1) is 9.08. The average Bonchev–Trinajstić information content (AvgIpc) is 2.39. The van der Waals surface area contributed by atoms with Crippen molar-refractivity contribution in [2.24, 2.45) is 0 Å². The van der Waals surface area contributed by atoms with Crippen molar-refractivity contribution in [2.75, 3.05) is 0 Å². The lowest BCUT2D eigenvalue weighted by Crippen LogP contribution is -2.10. The van der Waals surface area contributed by atoms with Crippen molar-refractivity contribution in [1.82, 2.24) is 0 Å². The normalized spacial score (nSPS) is 10.5. The van der Waals surface area contributed by atoms with Gasteiger partial charge in [-0.1, -0.05) is 42.0 Å². The Balaban J connectivity index is 2.35. The highest BCUT2D eigenvalue weighted by molar-refractivity contribution is 6.10. The molecule has 0 saturated carbocycles. The third kappa shape index (κ3) is 3.22. The van der Waals surface area contributed by atoms with Crippen LogP contribution in [-0.4, -0.2) is 11.9 Å². The molecule has 0 N–H and O–H groups in total. The molecule has 19 heavy (non-hydrogen) atoms. The molecule has 0 fully saturated rings. The van der Waals surface area contributed by atoms with Gasteiger partial charge in [-0.2, -0.15) is 0 Å². The van der Waals surface area contributed by atoms with E-state index in [1.165, 1.54) is 0 Å². The van der Waals surface area contributed by atoms with E-state index in [4.69, 9.17) is 4.74 Å². The molecule has 2 nitrogen and oxygen atoms in total. The molecule has 98 valence electrons. The molecule has 2 aromatic carbocycles. The summed E-state index contributed by atoms with van der Waals surface area (Å²) in [7, 11) is 0. The molecule has 2 rings (SSSR count). The van der Waals surface area contributed by atoms with Gasteiger partial charge in [-0.3, -0.25) is 4.79 Å². The van der Waals surface area contributed by atoms with Crippen molar-refractivity contribution < 1.29 is 9.53 Å². The highest BCUT2D eigenvalue weighted by Crippen LogP contribution is 2.22. The molecule has 0 amide bonds. The summed E-state index contributed by atoms with van der Waals surface area (Å²) in [6, 6.07) is 15.0. The SMILES string of the molecule is Cc1ccc(C(=O)c2ccccc2OC(C)C)cc1. The molecular weight excluding hydrogens is 236 g/mol. The second kappa shape index (κ2) is 5.70. The molecule has 0 aliphatic heterocycles. The average molecular weight is 254 g/mol. The number of hydrogen-bond donors (Lipinski definition) is 0. The van der Waals surface area contributed by atoms with Gasteiger partial charge in [-0.05, 0) is 32.9 Å². The lowest BCUT2D eigenvalue weighted by molar-refractivity contribution is 0.103. The fourth-order valence-corrected chi connectivity index (χ4v) is 1.87. The summed E-state index contributed by atoms with van der Waals surface area (Å²) < 4.78 is 5.69. The van der Waals surface area contributed by atoms with E-state index in [0.717, 1.165) is 5.56 Å². The van der Waals surface area contributed by atoms with Crippen LogP contribution in [0.15, 0.2) is 48.5 Å². The Morgan fingerprint density at radius 2 is 1.63 bits per heavy atom. The first kappa shape index (κ1) is 13.3. The fourth-order valence-electron chi connectivity index (χ4n) is 1.87. The van der Waals surface area contributed by atoms with E-state index in [9.17, 15) is 4.79 Å². The number of rotatable bonds is 4. The zero-order valence-corrected chi connectivity index (χ0v) is 11.5. The van der Waals surface area contributed by atoms with Crippen LogP contribution in [0.25, 0.3) is 0 Å². The molecule has 0 unspecified atom stereocenters. The molecule has 0 aliphatic carbocycles. The van der Waals surface area contributed by atoms with Gasteiger partial charge in [0.15, 0.2) is 5.78 Å². The minimum Gasteiger partial charge on any atom is -0.490 e. The number of ketones is 1. The third-order valence-electron chi connectivity index (χ3n) is 2.81. The number of carbonyl (C=O) groups excluding carboxylic acids is 1. The molecule has 0 aromatic heterocycles. The summed E-state index contributed by atoms with van der Waals surface area (Å²) in [5, 5.41) is 0. The monoisotopic (exact) mass is 254 g/mol. The Labute approximate surface area is 114 Å². The van der Waals surface area contributed by atoms with Crippen LogP contribution < -0.4 is 4.74 Å². The Bertz CT molecular complexity index is 568. The minimum atomic E-state index is -0.00347. The van der Waals surface area contributed by atoms with Crippen molar-refractivity contribution in [1.29, 1.82) is 0 Å². The first-order valence-electron chi connectivity index (χ1n) is 6.45. The zero-order valence-electron chi connectivity index (χ0n) is 11.5. The van der Waals surface area contributed by atoms with Gasteiger partial charge in [-0.25, -0.2) is 0 Å². The predicted molar refractivity (Wildman–Crippen MR) is 76.8 cm³/mol. The number of aryl methyl sites for hydroxylation is 1. The smallest absolute Gasteiger partial charge is 0.196 e. The maximum atomic E-state index is 12.5. The van der Waals surface area contributed by atoms with Gasteiger partial charge in [0.2, 0.25) is 0 Å². The molecule has 0 bridgehead atoms. The standard InChI is InChI=1S/C17H18O2/c1-12(2)19-16-7-5-4-6-15(16)17(18)14-10-8-13(3)9-11-14/h4-12H,1-3H3. The van der Waals surface area contributed by atoms with Crippen molar-refractivity contribution in [2.45, 2.75) is 26.9 Å². The molecule has 0 heterocycles. The molecule has 0 atom stereocenters. The number of carbonyl (C=O) groups is 1. The summed E-state index contributed by atoms with van der Waals surface area (Å²) in [4.78, 5) is 12.5.